The third-order valence-corrected chi connectivity index (χ3v) is 14.9. The Labute approximate surface area is 578 Å². The lowest BCUT2D eigenvalue weighted by atomic mass is 9.86. The van der Waals surface area contributed by atoms with Crippen LogP contribution in [-0.2, 0) is 83.1 Å². The van der Waals surface area contributed by atoms with Crippen LogP contribution >= 0.6 is 0 Å². The van der Waals surface area contributed by atoms with E-state index in [1.165, 1.54) is 31.4 Å². The van der Waals surface area contributed by atoms with Gasteiger partial charge in [0.25, 0.3) is 11.9 Å². The predicted octanol–water partition coefficient (Wildman–Crippen LogP) is 5.54. The summed E-state index contributed by atoms with van der Waals surface area (Å²) in [6.07, 6.45) is 2.11. The van der Waals surface area contributed by atoms with Crippen LogP contribution in [0.1, 0.15) is 110 Å². The number of amides is 2. The highest BCUT2D eigenvalue weighted by Gasteiger charge is 2.32. The fourth-order valence-corrected chi connectivity index (χ4v) is 10.2. The van der Waals surface area contributed by atoms with Crippen molar-refractivity contribution in [1.82, 2.24) is 34.9 Å². The van der Waals surface area contributed by atoms with E-state index < -0.39 is 22.7 Å². The molecule has 0 atom stereocenters. The van der Waals surface area contributed by atoms with Gasteiger partial charge in [0.05, 0.1) is 146 Å². The minimum Gasteiger partial charge on any atom is -0.479 e. The minimum atomic E-state index is -0.664. The van der Waals surface area contributed by atoms with E-state index in [-0.39, 0.29) is 104 Å². The van der Waals surface area contributed by atoms with Crippen molar-refractivity contribution in [3.8, 4) is 29.5 Å². The van der Waals surface area contributed by atoms with Gasteiger partial charge in [-0.2, -0.15) is 9.97 Å². The number of aryl methyl sites for hydroxylation is 2. The van der Waals surface area contributed by atoms with Crippen LogP contribution < -0.4 is 29.6 Å². The first-order valence-electron chi connectivity index (χ1n) is 33.9. The number of benzene rings is 1. The first-order valence-corrected chi connectivity index (χ1v) is 33.9. The van der Waals surface area contributed by atoms with E-state index in [1.807, 2.05) is 88.8 Å². The zero-order valence-electron chi connectivity index (χ0n) is 60.7. The van der Waals surface area contributed by atoms with Gasteiger partial charge in [-0.25, -0.2) is 0 Å². The van der Waals surface area contributed by atoms with Crippen molar-refractivity contribution < 1.29 is 99.4 Å². The van der Waals surface area contributed by atoms with Crippen LogP contribution in [0.15, 0.2) is 28.7 Å². The Hall–Kier alpha value is -6.35. The van der Waals surface area contributed by atoms with Gasteiger partial charge >= 0.3 is 23.9 Å². The van der Waals surface area contributed by atoms with Crippen LogP contribution in [-0.4, -0.2) is 288 Å². The lowest BCUT2D eigenvalue weighted by Crippen LogP contribution is -2.50. The van der Waals surface area contributed by atoms with Gasteiger partial charge in [-0.05, 0) is 116 Å². The third-order valence-electron chi connectivity index (χ3n) is 14.9. The molecule has 2 amide bonds. The summed E-state index contributed by atoms with van der Waals surface area (Å²) in [6, 6.07) is 7.29. The average Bonchev–Trinajstić information content (AvgIpc) is 1.59. The molecule has 1 aliphatic heterocycles. The number of carbonyl (C=O) groups excluding carboxylic acids is 5. The lowest BCUT2D eigenvalue weighted by Gasteiger charge is -2.34. The van der Waals surface area contributed by atoms with Gasteiger partial charge in [0.2, 0.25) is 17.7 Å². The summed E-state index contributed by atoms with van der Waals surface area (Å²) >= 11 is 0. The second-order valence-electron chi connectivity index (χ2n) is 27.2. The fraction of sp³-hybridized carbons (Fsp3) is 0.725. The minimum absolute atomic E-state index is 0.00102. The van der Waals surface area contributed by atoms with Crippen LogP contribution in [0, 0.1) is 6.92 Å². The number of ether oxygens (including phenoxy) is 15. The highest BCUT2D eigenvalue weighted by Crippen LogP contribution is 2.42. The number of nitrogens with zero attached hydrogens (tertiary/aromatic N) is 6. The Kier molecular flexibility index (Phi) is 35.9. The molecule has 3 aromatic rings. The van der Waals surface area contributed by atoms with E-state index in [1.54, 1.807) is 6.07 Å². The van der Waals surface area contributed by atoms with Crippen molar-refractivity contribution in [3.05, 3.63) is 46.7 Å². The molecule has 1 saturated heterocycles. The molecule has 0 bridgehead atoms. The van der Waals surface area contributed by atoms with E-state index in [0.717, 1.165) is 18.4 Å². The predicted molar refractivity (Wildman–Crippen MR) is 363 cm³/mol. The number of methoxy groups -OCH3 is 2. The summed E-state index contributed by atoms with van der Waals surface area (Å²) in [7, 11) is 2.80. The second kappa shape index (κ2) is 42.7. The highest BCUT2D eigenvalue weighted by atomic mass is 16.6. The number of esters is 3. The molecule has 3 heterocycles. The monoisotopic (exact) mass is 1390 g/mol. The van der Waals surface area contributed by atoms with Crippen LogP contribution in [0.3, 0.4) is 0 Å². The zero-order chi connectivity index (χ0) is 71.6. The lowest BCUT2D eigenvalue weighted by molar-refractivity contribution is -0.158. The zero-order valence-corrected chi connectivity index (χ0v) is 60.7. The number of anilines is 1. The van der Waals surface area contributed by atoms with Gasteiger partial charge in [0.1, 0.15) is 29.2 Å². The molecule has 2 aliphatic rings. The van der Waals surface area contributed by atoms with Gasteiger partial charge in [-0.1, -0.05) is 19.9 Å². The molecule has 2 aromatic heterocycles. The quantitative estimate of drug-likeness (QED) is 0.0400. The second-order valence-corrected chi connectivity index (χ2v) is 27.2. The average molecular weight is 1390 g/mol. The van der Waals surface area contributed by atoms with E-state index in [0.29, 0.717) is 164 Å². The summed E-state index contributed by atoms with van der Waals surface area (Å²) in [4.78, 5) is 82.2. The standard InChI is InChI=1S/C69H112N8O21/c1-51-45-52-17-18-69(11,12)53(52)46-55(51)95-60-16-15-54(94-60)62(82)71-61-63(83-13)72-65(73-64(61)84-14)93-44-43-92-42-41-91-40-39-90-38-37-89-36-35-88-34-33-87-32-31-86-30-29-85-28-19-70-56(78)47-74-20-22-75(48-57(79)96-66(2,3)4)24-26-77(50-59(81)98-68(8,9)10)27-25-76(23-21-74)49-58(80)97-67(5,6)7/h15-16,45-46H,17-44,47-50H2,1-14H3,(H,70,78)(H,71,82). The van der Waals surface area contributed by atoms with Gasteiger partial charge in [0, 0.05) is 65.0 Å². The molecule has 0 spiro atoms. The van der Waals surface area contributed by atoms with Gasteiger partial charge in [0.15, 0.2) is 11.4 Å². The molecule has 0 unspecified atom stereocenters. The largest absolute Gasteiger partial charge is 0.479 e. The smallest absolute Gasteiger partial charge is 0.323 e. The Morgan fingerprint density at radius 1 is 0.520 bits per heavy atom. The molecule has 554 valence electrons. The van der Waals surface area contributed by atoms with Crippen LogP contribution in [0.25, 0.3) is 0 Å². The molecule has 2 N–H and O–H groups in total. The van der Waals surface area contributed by atoms with Crippen molar-refractivity contribution in [3.63, 3.8) is 0 Å². The Morgan fingerprint density at radius 3 is 1.29 bits per heavy atom. The van der Waals surface area contributed by atoms with Crippen LogP contribution in [0.2, 0.25) is 0 Å². The first kappa shape index (κ1) is 82.3. The summed E-state index contributed by atoms with van der Waals surface area (Å²) in [6.45, 7) is 33.0. The summed E-state index contributed by atoms with van der Waals surface area (Å²) in [5.74, 6) is -1.00. The van der Waals surface area contributed by atoms with Crippen LogP contribution in [0.4, 0.5) is 5.69 Å². The number of aromatic nitrogens is 2. The van der Waals surface area contributed by atoms with Crippen molar-refractivity contribution >= 4 is 35.4 Å². The van der Waals surface area contributed by atoms with Gasteiger partial charge < -0.3 is 86.1 Å². The summed E-state index contributed by atoms with van der Waals surface area (Å²) in [5, 5.41) is 5.65. The van der Waals surface area contributed by atoms with Gasteiger partial charge in [-0.3, -0.25) is 43.6 Å². The maximum Gasteiger partial charge on any atom is 0.323 e. The van der Waals surface area contributed by atoms with Crippen LogP contribution in [0.5, 0.6) is 29.5 Å². The van der Waals surface area contributed by atoms with E-state index in [4.69, 9.17) is 75.5 Å². The molecule has 98 heavy (non-hydrogen) atoms. The Balaban J connectivity index is 0.835. The summed E-state index contributed by atoms with van der Waals surface area (Å²) in [5.41, 5.74) is 1.73. The molecule has 1 fully saturated rings. The molecule has 1 aliphatic carbocycles. The maximum atomic E-state index is 13.3. The normalized spacial score (nSPS) is 15.4. The molecular weight excluding hydrogens is 1280 g/mol. The molecule has 29 heteroatoms. The van der Waals surface area contributed by atoms with E-state index in [2.05, 4.69) is 46.6 Å². The number of carbonyl (C=O) groups is 5. The third kappa shape index (κ3) is 33.7. The molecule has 5 rings (SSSR count). The fourth-order valence-electron chi connectivity index (χ4n) is 10.2. The number of fused-ring (bicyclic) bond motifs is 1. The SMILES string of the molecule is COc1nc(OCCOCCOCCOCCOCCOCCOCCOCCOCCNC(=O)CN2CCN(CC(=O)OC(C)(C)C)CCN(CC(=O)OC(C)(C)C)CCN(CC(=O)OC(C)(C)C)CC2)nc(OC)c1NC(=O)c1ccc(Oc2cc3c(cc2C)CCC3(C)C)o1. The molecule has 0 radical (unpaired) electrons. The number of hydrogen-bond donors (Lipinski definition) is 2. The first-order chi connectivity index (χ1) is 46.6. The van der Waals surface area contributed by atoms with E-state index in [9.17, 15) is 24.0 Å². The Morgan fingerprint density at radius 2 is 0.898 bits per heavy atom. The molecule has 1 aromatic carbocycles. The number of nitrogens with one attached hydrogen (secondary N) is 2. The van der Waals surface area contributed by atoms with Crippen molar-refractivity contribution in [2.24, 2.45) is 0 Å². The Bertz CT molecular complexity index is 2800. The molecule has 0 saturated carbocycles. The number of hydrogen-bond acceptors (Lipinski definition) is 27. The summed E-state index contributed by atoms with van der Waals surface area (Å²) < 4.78 is 90.3. The number of rotatable bonds is 42. The van der Waals surface area contributed by atoms with Crippen molar-refractivity contribution in [1.29, 1.82) is 0 Å². The molecular formula is C69H112N8O21. The van der Waals surface area contributed by atoms with Crippen molar-refractivity contribution in [2.45, 2.75) is 118 Å². The van der Waals surface area contributed by atoms with Gasteiger partial charge in [-0.15, -0.1) is 0 Å². The number of furan rings is 1. The topological polar surface area (TPSA) is 300 Å². The van der Waals surface area contributed by atoms with E-state index >= 15 is 0 Å². The van der Waals surface area contributed by atoms with Crippen molar-refractivity contribution in [2.75, 3.05) is 217 Å². The maximum absolute atomic E-state index is 13.3. The highest BCUT2D eigenvalue weighted by molar-refractivity contribution is 6.03. The molecule has 29 nitrogen and oxygen atoms in total.